The second-order valence-electron chi connectivity index (χ2n) is 4.88. The largest absolute Gasteiger partial charge is 0.416 e. The van der Waals surface area contributed by atoms with E-state index in [2.05, 4.69) is 5.09 Å². The minimum Gasteiger partial charge on any atom is -0.333 e. The van der Waals surface area contributed by atoms with Crippen molar-refractivity contribution >= 4 is 29.9 Å². The maximum atomic E-state index is 12.9. The lowest BCUT2D eigenvalue weighted by atomic mass is 10.2. The predicted octanol–water partition coefficient (Wildman–Crippen LogP) is 5.09. The highest BCUT2D eigenvalue weighted by atomic mass is 35.5. The van der Waals surface area contributed by atoms with Gasteiger partial charge in [0.05, 0.1) is 5.56 Å². The van der Waals surface area contributed by atoms with Crippen LogP contribution < -0.4 is 10.4 Å². The number of hydrogen-bond acceptors (Lipinski definition) is 1. The molecule has 2 rings (SSSR count). The molecule has 0 amide bonds. The van der Waals surface area contributed by atoms with Crippen molar-refractivity contribution in [2.75, 3.05) is 11.8 Å². The fourth-order valence-electron chi connectivity index (χ4n) is 2.11. The van der Waals surface area contributed by atoms with Crippen LogP contribution in [0.15, 0.2) is 48.5 Å². The highest BCUT2D eigenvalue weighted by molar-refractivity contribution is 7.72. The molecule has 1 unspecified atom stereocenters. The van der Waals surface area contributed by atoms with Gasteiger partial charge in [0, 0.05) is 23.5 Å². The normalized spacial score (nSPS) is 14.4. The topological polar surface area (TPSA) is 29.1 Å². The maximum Gasteiger partial charge on any atom is 0.416 e. The number of hydrogen-bond donors (Lipinski definition) is 1. The standard InChI is InChI=1S/C15H14ClF3NOP/c1-22(21,14-8-3-2-5-11(14)10-16)20-13-7-4-6-12(9-13)15(17,18)19/h2-9H,10H2,1H3,(H,20,21). The van der Waals surface area contributed by atoms with E-state index in [1.807, 2.05) is 0 Å². The summed E-state index contributed by atoms with van der Waals surface area (Å²) in [6.07, 6.45) is -4.44. The van der Waals surface area contributed by atoms with Gasteiger partial charge in [0.2, 0.25) is 0 Å². The fourth-order valence-corrected chi connectivity index (χ4v) is 4.26. The number of rotatable bonds is 4. The highest BCUT2D eigenvalue weighted by Crippen LogP contribution is 2.42. The third-order valence-corrected chi connectivity index (χ3v) is 5.46. The number of benzene rings is 2. The van der Waals surface area contributed by atoms with Gasteiger partial charge < -0.3 is 5.09 Å². The van der Waals surface area contributed by atoms with Crippen molar-refractivity contribution in [1.82, 2.24) is 0 Å². The zero-order valence-corrected chi connectivity index (χ0v) is 13.3. The molecule has 1 atom stereocenters. The van der Waals surface area contributed by atoms with Gasteiger partial charge in [0.15, 0.2) is 7.29 Å². The fraction of sp³-hybridized carbons (Fsp3) is 0.200. The Balaban J connectivity index is 2.35. The first-order valence-corrected chi connectivity index (χ1v) is 9.10. The van der Waals surface area contributed by atoms with Gasteiger partial charge >= 0.3 is 6.18 Å². The monoisotopic (exact) mass is 347 g/mol. The van der Waals surface area contributed by atoms with E-state index in [0.29, 0.717) is 10.9 Å². The molecule has 0 heterocycles. The zero-order chi connectivity index (χ0) is 16.4. The van der Waals surface area contributed by atoms with Crippen molar-refractivity contribution in [3.8, 4) is 0 Å². The van der Waals surface area contributed by atoms with E-state index < -0.39 is 19.0 Å². The van der Waals surface area contributed by atoms with Gasteiger partial charge in [-0.1, -0.05) is 24.3 Å². The Morgan fingerprint density at radius 3 is 2.45 bits per heavy atom. The quantitative estimate of drug-likeness (QED) is 0.616. The predicted molar refractivity (Wildman–Crippen MR) is 84.2 cm³/mol. The Morgan fingerprint density at radius 2 is 1.82 bits per heavy atom. The van der Waals surface area contributed by atoms with Crippen LogP contribution in [0.1, 0.15) is 11.1 Å². The molecule has 0 spiro atoms. The van der Waals surface area contributed by atoms with Gasteiger partial charge in [-0.3, -0.25) is 4.57 Å². The van der Waals surface area contributed by atoms with E-state index in [4.69, 9.17) is 11.6 Å². The zero-order valence-electron chi connectivity index (χ0n) is 11.7. The second-order valence-corrected chi connectivity index (χ2v) is 7.70. The summed E-state index contributed by atoms with van der Waals surface area (Å²) >= 11 is 5.83. The van der Waals surface area contributed by atoms with Crippen molar-refractivity contribution in [3.05, 3.63) is 59.7 Å². The van der Waals surface area contributed by atoms with E-state index in [1.54, 1.807) is 24.3 Å². The number of alkyl halides is 4. The molecule has 0 saturated heterocycles. The molecule has 2 aromatic carbocycles. The average Bonchev–Trinajstić information content (AvgIpc) is 2.46. The Hall–Kier alpha value is -1.45. The van der Waals surface area contributed by atoms with Gasteiger partial charge in [-0.25, -0.2) is 0 Å². The van der Waals surface area contributed by atoms with Crippen molar-refractivity contribution in [2.24, 2.45) is 0 Å². The van der Waals surface area contributed by atoms with Crippen molar-refractivity contribution in [1.29, 1.82) is 0 Å². The van der Waals surface area contributed by atoms with E-state index in [-0.39, 0.29) is 11.6 Å². The Bertz CT molecular complexity index is 718. The third kappa shape index (κ3) is 3.84. The Labute approximate surface area is 131 Å². The molecule has 2 aromatic rings. The van der Waals surface area contributed by atoms with Crippen LogP contribution in [0, 0.1) is 0 Å². The molecule has 0 aliphatic rings. The lowest BCUT2D eigenvalue weighted by Gasteiger charge is -2.19. The summed E-state index contributed by atoms with van der Waals surface area (Å²) in [5.41, 5.74) is 0.0580. The van der Waals surface area contributed by atoms with Gasteiger partial charge in [-0.05, 0) is 29.8 Å². The first-order chi connectivity index (χ1) is 10.2. The molecular formula is C15H14ClF3NOP. The maximum absolute atomic E-state index is 12.9. The van der Waals surface area contributed by atoms with Gasteiger partial charge in [0.25, 0.3) is 0 Å². The minimum absolute atomic E-state index is 0.157. The summed E-state index contributed by atoms with van der Waals surface area (Å²) < 4.78 is 51.1. The van der Waals surface area contributed by atoms with Crippen LogP contribution in [0.4, 0.5) is 18.9 Å². The summed E-state index contributed by atoms with van der Waals surface area (Å²) in [6, 6.07) is 11.5. The van der Waals surface area contributed by atoms with Crippen molar-refractivity contribution in [2.45, 2.75) is 12.1 Å². The number of halogens is 4. The molecule has 0 saturated carbocycles. The van der Waals surface area contributed by atoms with E-state index in [0.717, 1.165) is 12.1 Å². The van der Waals surface area contributed by atoms with Crippen LogP contribution in [-0.4, -0.2) is 6.66 Å². The van der Waals surface area contributed by atoms with E-state index in [1.165, 1.54) is 18.8 Å². The van der Waals surface area contributed by atoms with Crippen LogP contribution in [0.2, 0.25) is 0 Å². The number of anilines is 1. The first kappa shape index (κ1) is 16.9. The lowest BCUT2D eigenvalue weighted by molar-refractivity contribution is -0.137. The van der Waals surface area contributed by atoms with Gasteiger partial charge in [-0.2, -0.15) is 13.2 Å². The molecule has 7 heteroatoms. The van der Waals surface area contributed by atoms with Gasteiger partial charge in [0.1, 0.15) is 0 Å². The highest BCUT2D eigenvalue weighted by Gasteiger charge is 2.31. The molecule has 118 valence electrons. The van der Waals surface area contributed by atoms with Crippen LogP contribution in [-0.2, 0) is 16.6 Å². The minimum atomic E-state index is -4.44. The molecule has 0 bridgehead atoms. The molecule has 22 heavy (non-hydrogen) atoms. The number of nitrogens with one attached hydrogen (secondary N) is 1. The lowest BCUT2D eigenvalue weighted by Crippen LogP contribution is -2.15. The molecule has 0 fully saturated rings. The summed E-state index contributed by atoms with van der Waals surface area (Å²) in [5, 5.41) is 3.23. The average molecular weight is 348 g/mol. The molecule has 2 nitrogen and oxygen atoms in total. The summed E-state index contributed by atoms with van der Waals surface area (Å²) in [5.74, 6) is 0.179. The summed E-state index contributed by atoms with van der Waals surface area (Å²) in [7, 11) is -3.09. The van der Waals surface area contributed by atoms with Crippen LogP contribution in [0.3, 0.4) is 0 Å². The molecular weight excluding hydrogens is 334 g/mol. The van der Waals surface area contributed by atoms with Crippen molar-refractivity contribution in [3.63, 3.8) is 0 Å². The molecule has 0 radical (unpaired) electrons. The van der Waals surface area contributed by atoms with Gasteiger partial charge in [-0.15, -0.1) is 11.6 Å². The summed E-state index contributed by atoms with van der Waals surface area (Å²) in [6.45, 7) is 1.47. The van der Waals surface area contributed by atoms with Crippen LogP contribution in [0.25, 0.3) is 0 Å². The second kappa shape index (κ2) is 6.35. The SMILES string of the molecule is CP(=O)(Nc1cccc(C(F)(F)F)c1)c1ccccc1CCl. The first-order valence-electron chi connectivity index (χ1n) is 6.41. The van der Waals surface area contributed by atoms with E-state index >= 15 is 0 Å². The third-order valence-electron chi connectivity index (χ3n) is 3.13. The Morgan fingerprint density at radius 1 is 1.14 bits per heavy atom. The molecule has 0 aliphatic carbocycles. The van der Waals surface area contributed by atoms with Crippen LogP contribution >= 0.6 is 18.9 Å². The van der Waals surface area contributed by atoms with E-state index in [9.17, 15) is 17.7 Å². The van der Waals surface area contributed by atoms with Crippen molar-refractivity contribution < 1.29 is 17.7 Å². The Kier molecular flexibility index (Phi) is 4.88. The smallest absolute Gasteiger partial charge is 0.333 e. The summed E-state index contributed by atoms with van der Waals surface area (Å²) in [4.78, 5) is 0. The molecule has 0 aromatic heterocycles. The molecule has 1 N–H and O–H groups in total. The van der Waals surface area contributed by atoms with Crippen LogP contribution in [0.5, 0.6) is 0 Å². The molecule has 0 aliphatic heterocycles.